The summed E-state index contributed by atoms with van der Waals surface area (Å²) in [6, 6.07) is 0.888. The predicted octanol–water partition coefficient (Wildman–Crippen LogP) is 2.18. The topological polar surface area (TPSA) is 67.1 Å². The molecule has 4 N–H and O–H groups in total. The van der Waals surface area contributed by atoms with Gasteiger partial charge in [0.05, 0.1) is 6.54 Å². The summed E-state index contributed by atoms with van der Waals surface area (Å²) in [7, 11) is 0. The number of nitrogens with one attached hydrogen (secondary N) is 2. The zero-order chi connectivity index (χ0) is 15.2. The van der Waals surface area contributed by atoms with Crippen molar-refractivity contribution in [3.05, 3.63) is 0 Å². The molecule has 0 bridgehead atoms. The van der Waals surface area contributed by atoms with Gasteiger partial charge in [0.25, 0.3) is 0 Å². The molecular weight excluding hydrogens is 250 g/mol. The second-order valence-corrected chi connectivity index (χ2v) is 7.18. The van der Waals surface area contributed by atoms with Crippen LogP contribution in [0.2, 0.25) is 0 Å². The quantitative estimate of drug-likeness (QED) is 0.700. The van der Waals surface area contributed by atoms with E-state index in [1.807, 2.05) is 0 Å². The van der Waals surface area contributed by atoms with Crippen LogP contribution in [0.25, 0.3) is 0 Å². The van der Waals surface area contributed by atoms with Gasteiger partial charge < -0.3 is 16.4 Å². The van der Waals surface area contributed by atoms with E-state index in [1.54, 1.807) is 0 Å². The molecule has 1 rings (SSSR count). The van der Waals surface area contributed by atoms with Gasteiger partial charge in [-0.3, -0.25) is 4.79 Å². The largest absolute Gasteiger partial charge is 0.352 e. The molecule has 0 spiro atoms. The lowest BCUT2D eigenvalue weighted by molar-refractivity contribution is -0.121. The number of hydrogen-bond donors (Lipinski definition) is 3. The minimum Gasteiger partial charge on any atom is -0.352 e. The van der Waals surface area contributed by atoms with E-state index in [4.69, 9.17) is 5.73 Å². The first-order valence-electron chi connectivity index (χ1n) is 8.12. The third-order valence-corrected chi connectivity index (χ3v) is 4.08. The highest BCUT2D eigenvalue weighted by molar-refractivity contribution is 5.78. The first-order valence-corrected chi connectivity index (χ1v) is 8.12. The van der Waals surface area contributed by atoms with Crippen LogP contribution in [0.15, 0.2) is 0 Å². The Bertz CT molecular complexity index is 299. The van der Waals surface area contributed by atoms with Gasteiger partial charge in [0.1, 0.15) is 0 Å². The molecule has 20 heavy (non-hydrogen) atoms. The van der Waals surface area contributed by atoms with Gasteiger partial charge in [-0.1, -0.05) is 19.8 Å². The molecule has 1 amide bonds. The van der Waals surface area contributed by atoms with Crippen LogP contribution in [0.5, 0.6) is 0 Å². The summed E-state index contributed by atoms with van der Waals surface area (Å²) in [6.45, 7) is 8.98. The summed E-state index contributed by atoms with van der Waals surface area (Å²) in [5, 5.41) is 6.83. The van der Waals surface area contributed by atoms with E-state index in [0.717, 1.165) is 19.3 Å². The first kappa shape index (κ1) is 17.4. The fourth-order valence-corrected chi connectivity index (χ4v) is 3.25. The van der Waals surface area contributed by atoms with E-state index in [2.05, 4.69) is 38.3 Å². The Morgan fingerprint density at radius 1 is 1.30 bits per heavy atom. The normalized spacial score (nSPS) is 27.4. The van der Waals surface area contributed by atoms with Gasteiger partial charge in [0.2, 0.25) is 5.91 Å². The van der Waals surface area contributed by atoms with Crippen LogP contribution in [-0.4, -0.2) is 30.1 Å². The first-order chi connectivity index (χ1) is 9.35. The maximum Gasteiger partial charge on any atom is 0.233 e. The smallest absolute Gasteiger partial charge is 0.233 e. The molecule has 0 heterocycles. The highest BCUT2D eigenvalue weighted by Gasteiger charge is 2.32. The second kappa shape index (κ2) is 7.99. The van der Waals surface area contributed by atoms with Crippen molar-refractivity contribution in [1.82, 2.24) is 10.6 Å². The van der Waals surface area contributed by atoms with Gasteiger partial charge in [-0.25, -0.2) is 0 Å². The van der Waals surface area contributed by atoms with Crippen molar-refractivity contribution in [1.29, 1.82) is 0 Å². The second-order valence-electron chi connectivity index (χ2n) is 7.18. The van der Waals surface area contributed by atoms with Crippen molar-refractivity contribution < 1.29 is 4.79 Å². The summed E-state index contributed by atoms with van der Waals surface area (Å²) in [5.74, 6) is 0.567. The molecule has 0 radical (unpaired) electrons. The Labute approximate surface area is 124 Å². The third-order valence-electron chi connectivity index (χ3n) is 4.08. The molecule has 3 atom stereocenters. The van der Waals surface area contributed by atoms with Gasteiger partial charge in [-0.15, -0.1) is 0 Å². The average Bonchev–Trinajstić information content (AvgIpc) is 2.36. The van der Waals surface area contributed by atoms with E-state index in [0.29, 0.717) is 18.0 Å². The number of nitrogens with two attached hydrogens (primary N) is 1. The van der Waals surface area contributed by atoms with Gasteiger partial charge in [0.15, 0.2) is 0 Å². The van der Waals surface area contributed by atoms with E-state index >= 15 is 0 Å². The van der Waals surface area contributed by atoms with Crippen molar-refractivity contribution in [3.63, 3.8) is 0 Å². The minimum atomic E-state index is -0.0151. The van der Waals surface area contributed by atoms with E-state index < -0.39 is 0 Å². The molecular formula is C16H33N3O. The van der Waals surface area contributed by atoms with Crippen LogP contribution < -0.4 is 16.4 Å². The highest BCUT2D eigenvalue weighted by Crippen LogP contribution is 2.30. The van der Waals surface area contributed by atoms with E-state index in [9.17, 15) is 4.79 Å². The van der Waals surface area contributed by atoms with Gasteiger partial charge in [0, 0.05) is 17.6 Å². The number of unbranched alkanes of at least 4 members (excludes halogenated alkanes) is 1. The number of carbonyl (C=O) groups is 1. The van der Waals surface area contributed by atoms with Crippen molar-refractivity contribution in [2.24, 2.45) is 11.7 Å². The molecule has 4 nitrogen and oxygen atoms in total. The summed E-state index contributed by atoms with van der Waals surface area (Å²) < 4.78 is 0. The number of hydrogen-bond acceptors (Lipinski definition) is 3. The van der Waals surface area contributed by atoms with Crippen LogP contribution in [0.3, 0.4) is 0 Å². The fraction of sp³-hybridized carbons (Fsp3) is 0.938. The zero-order valence-corrected chi connectivity index (χ0v) is 13.7. The molecule has 0 aromatic rings. The van der Waals surface area contributed by atoms with Gasteiger partial charge in [-0.2, -0.15) is 0 Å². The SMILES string of the molecule is CCCCC1CC(NC(C)(C)C)CCC1NC(=O)CN. The molecule has 0 saturated heterocycles. The van der Waals surface area contributed by atoms with Crippen LogP contribution in [-0.2, 0) is 4.79 Å². The molecule has 3 unspecified atom stereocenters. The van der Waals surface area contributed by atoms with Crippen LogP contribution >= 0.6 is 0 Å². The van der Waals surface area contributed by atoms with Crippen LogP contribution in [0, 0.1) is 5.92 Å². The van der Waals surface area contributed by atoms with Crippen LogP contribution in [0.1, 0.15) is 66.2 Å². The lowest BCUT2D eigenvalue weighted by atomic mass is 9.78. The molecule has 1 saturated carbocycles. The van der Waals surface area contributed by atoms with Crippen molar-refractivity contribution in [2.45, 2.75) is 83.8 Å². The molecule has 1 aliphatic rings. The summed E-state index contributed by atoms with van der Waals surface area (Å²) in [6.07, 6.45) is 7.01. The van der Waals surface area contributed by atoms with Gasteiger partial charge >= 0.3 is 0 Å². The zero-order valence-electron chi connectivity index (χ0n) is 13.7. The number of amides is 1. The Morgan fingerprint density at radius 3 is 2.55 bits per heavy atom. The molecule has 0 aromatic carbocycles. The third kappa shape index (κ3) is 6.23. The molecule has 4 heteroatoms. The summed E-state index contributed by atoms with van der Waals surface area (Å²) in [5.41, 5.74) is 5.58. The number of rotatable bonds is 6. The summed E-state index contributed by atoms with van der Waals surface area (Å²) >= 11 is 0. The Balaban J connectivity index is 2.58. The fourth-order valence-electron chi connectivity index (χ4n) is 3.25. The molecule has 118 valence electrons. The predicted molar refractivity (Wildman–Crippen MR) is 84.5 cm³/mol. The maximum absolute atomic E-state index is 11.6. The molecule has 1 aliphatic carbocycles. The lowest BCUT2D eigenvalue weighted by Gasteiger charge is -2.39. The monoisotopic (exact) mass is 283 g/mol. The van der Waals surface area contributed by atoms with E-state index in [-0.39, 0.29) is 18.0 Å². The number of carbonyl (C=O) groups excluding carboxylic acids is 1. The van der Waals surface area contributed by atoms with Crippen molar-refractivity contribution in [2.75, 3.05) is 6.54 Å². The standard InChI is InChI=1S/C16H33N3O/c1-5-6-7-12-10-13(19-16(2,3)4)8-9-14(12)18-15(20)11-17/h12-14,19H,5-11,17H2,1-4H3,(H,18,20). The minimum absolute atomic E-state index is 0.0151. The van der Waals surface area contributed by atoms with E-state index in [1.165, 1.54) is 19.3 Å². The van der Waals surface area contributed by atoms with Crippen LogP contribution in [0.4, 0.5) is 0 Å². The summed E-state index contributed by atoms with van der Waals surface area (Å²) in [4.78, 5) is 11.6. The lowest BCUT2D eigenvalue weighted by Crippen LogP contribution is -2.52. The Kier molecular flexibility index (Phi) is 6.96. The molecule has 0 aliphatic heterocycles. The average molecular weight is 283 g/mol. The van der Waals surface area contributed by atoms with Crippen molar-refractivity contribution >= 4 is 5.91 Å². The Morgan fingerprint density at radius 2 is 2.00 bits per heavy atom. The molecule has 0 aromatic heterocycles. The molecule has 1 fully saturated rings. The Hall–Kier alpha value is -0.610. The van der Waals surface area contributed by atoms with Gasteiger partial charge in [-0.05, 0) is 52.4 Å². The van der Waals surface area contributed by atoms with Crippen molar-refractivity contribution in [3.8, 4) is 0 Å². The highest BCUT2D eigenvalue weighted by atomic mass is 16.1. The maximum atomic E-state index is 11.6.